The highest BCUT2D eigenvalue weighted by atomic mass is 35.5. The highest BCUT2D eigenvalue weighted by Gasteiger charge is 2.30. The molecule has 1 fully saturated rings. The minimum absolute atomic E-state index is 0.500. The van der Waals surface area contributed by atoms with Crippen molar-refractivity contribution in [2.24, 2.45) is 17.8 Å². The van der Waals surface area contributed by atoms with Crippen molar-refractivity contribution >= 4 is 28.9 Å². The molecule has 106 valence electrons. The van der Waals surface area contributed by atoms with Crippen LogP contribution in [-0.2, 0) is 0 Å². The van der Waals surface area contributed by atoms with E-state index < -0.39 is 0 Å². The molecule has 1 aliphatic carbocycles. The summed E-state index contributed by atoms with van der Waals surface area (Å²) >= 11 is 12.3. The molecule has 19 heavy (non-hydrogen) atoms. The molecule has 0 saturated heterocycles. The molecule has 3 heteroatoms. The largest absolute Gasteiger partial charge is 0.381 e. The van der Waals surface area contributed by atoms with Gasteiger partial charge in [0.15, 0.2) is 0 Å². The van der Waals surface area contributed by atoms with Crippen LogP contribution in [0.1, 0.15) is 40.0 Å². The Morgan fingerprint density at radius 1 is 1.21 bits per heavy atom. The van der Waals surface area contributed by atoms with Crippen molar-refractivity contribution in [2.45, 2.75) is 46.1 Å². The third-order valence-corrected chi connectivity index (χ3v) is 4.86. The van der Waals surface area contributed by atoms with Crippen molar-refractivity contribution in [1.29, 1.82) is 0 Å². The van der Waals surface area contributed by atoms with Crippen LogP contribution in [0.2, 0.25) is 10.0 Å². The molecule has 0 aromatic heterocycles. The Kier molecular flexibility index (Phi) is 5.03. The minimum atomic E-state index is 0.500. The number of hydrogen-bond donors (Lipinski definition) is 1. The molecule has 0 heterocycles. The van der Waals surface area contributed by atoms with Gasteiger partial charge in [-0.25, -0.2) is 0 Å². The van der Waals surface area contributed by atoms with Crippen LogP contribution in [0, 0.1) is 17.8 Å². The van der Waals surface area contributed by atoms with Gasteiger partial charge in [-0.1, -0.05) is 50.4 Å². The van der Waals surface area contributed by atoms with Gasteiger partial charge in [0.1, 0.15) is 0 Å². The van der Waals surface area contributed by atoms with Crippen LogP contribution in [-0.4, -0.2) is 6.04 Å². The summed E-state index contributed by atoms with van der Waals surface area (Å²) in [5.41, 5.74) is 0.971. The molecule has 1 aromatic rings. The van der Waals surface area contributed by atoms with E-state index in [1.165, 1.54) is 19.3 Å². The summed E-state index contributed by atoms with van der Waals surface area (Å²) in [6.45, 7) is 6.97. The Bertz CT molecular complexity index is 431. The van der Waals surface area contributed by atoms with Gasteiger partial charge >= 0.3 is 0 Å². The first kappa shape index (κ1) is 15.0. The summed E-state index contributed by atoms with van der Waals surface area (Å²) in [7, 11) is 0. The molecule has 1 aliphatic rings. The third-order valence-electron chi connectivity index (χ3n) is 4.29. The van der Waals surface area contributed by atoms with E-state index in [9.17, 15) is 0 Å². The van der Waals surface area contributed by atoms with E-state index >= 15 is 0 Å². The number of rotatable bonds is 3. The van der Waals surface area contributed by atoms with E-state index in [2.05, 4.69) is 26.1 Å². The molecule has 0 amide bonds. The average molecular weight is 300 g/mol. The fraction of sp³-hybridized carbons (Fsp3) is 0.625. The maximum atomic E-state index is 6.26. The Morgan fingerprint density at radius 2 is 1.95 bits per heavy atom. The lowest BCUT2D eigenvalue weighted by Gasteiger charge is -2.38. The molecule has 1 aromatic carbocycles. The molecule has 3 unspecified atom stereocenters. The summed E-state index contributed by atoms with van der Waals surface area (Å²) in [6, 6.07) is 6.13. The summed E-state index contributed by atoms with van der Waals surface area (Å²) < 4.78 is 0. The standard InChI is InChI=1S/C16H23Cl2N/c1-10(2)13-6-4-11(3)8-15(13)19-16-9-12(17)5-7-14(16)18/h5,7,9-11,13,15,19H,4,6,8H2,1-3H3. The van der Waals surface area contributed by atoms with Gasteiger partial charge in [-0.05, 0) is 48.8 Å². The van der Waals surface area contributed by atoms with Gasteiger partial charge in [-0.3, -0.25) is 0 Å². The molecule has 1 saturated carbocycles. The highest BCUT2D eigenvalue weighted by molar-refractivity contribution is 6.35. The zero-order valence-electron chi connectivity index (χ0n) is 11.9. The monoisotopic (exact) mass is 299 g/mol. The quantitative estimate of drug-likeness (QED) is 0.736. The first-order valence-corrected chi connectivity index (χ1v) is 7.94. The highest BCUT2D eigenvalue weighted by Crippen LogP contribution is 2.36. The van der Waals surface area contributed by atoms with Crippen LogP contribution < -0.4 is 5.32 Å². The normalized spacial score (nSPS) is 27.6. The minimum Gasteiger partial charge on any atom is -0.381 e. The van der Waals surface area contributed by atoms with E-state index in [0.717, 1.165) is 21.7 Å². The predicted octanol–water partition coefficient (Wildman–Crippen LogP) is 5.87. The molecule has 2 rings (SSSR count). The zero-order valence-corrected chi connectivity index (χ0v) is 13.4. The van der Waals surface area contributed by atoms with Crippen molar-refractivity contribution in [3.63, 3.8) is 0 Å². The summed E-state index contributed by atoms with van der Waals surface area (Å²) in [5, 5.41) is 5.12. The van der Waals surface area contributed by atoms with Crippen LogP contribution in [0.15, 0.2) is 18.2 Å². The number of nitrogens with one attached hydrogen (secondary N) is 1. The molecular formula is C16H23Cl2N. The summed E-state index contributed by atoms with van der Waals surface area (Å²) in [6.07, 6.45) is 3.85. The van der Waals surface area contributed by atoms with Crippen molar-refractivity contribution in [1.82, 2.24) is 0 Å². The van der Waals surface area contributed by atoms with Gasteiger partial charge in [0, 0.05) is 11.1 Å². The van der Waals surface area contributed by atoms with Crippen molar-refractivity contribution in [3.8, 4) is 0 Å². The molecule has 3 atom stereocenters. The number of anilines is 1. The molecule has 0 radical (unpaired) electrons. The average Bonchev–Trinajstić information content (AvgIpc) is 2.33. The Morgan fingerprint density at radius 3 is 2.63 bits per heavy atom. The second-order valence-corrected chi connectivity index (χ2v) is 7.04. The first-order valence-electron chi connectivity index (χ1n) is 7.19. The van der Waals surface area contributed by atoms with Crippen molar-refractivity contribution in [3.05, 3.63) is 28.2 Å². The Balaban J connectivity index is 2.16. The van der Waals surface area contributed by atoms with Gasteiger partial charge in [-0.15, -0.1) is 0 Å². The lowest BCUT2D eigenvalue weighted by Crippen LogP contribution is -2.37. The number of hydrogen-bond acceptors (Lipinski definition) is 1. The van der Waals surface area contributed by atoms with Crippen molar-refractivity contribution < 1.29 is 0 Å². The smallest absolute Gasteiger partial charge is 0.0638 e. The Hall–Kier alpha value is -0.400. The summed E-state index contributed by atoms with van der Waals surface area (Å²) in [4.78, 5) is 0. The van der Waals surface area contributed by atoms with Crippen LogP contribution in [0.5, 0.6) is 0 Å². The zero-order chi connectivity index (χ0) is 14.0. The molecule has 0 aliphatic heterocycles. The van der Waals surface area contributed by atoms with Gasteiger partial charge in [0.2, 0.25) is 0 Å². The lowest BCUT2D eigenvalue weighted by atomic mass is 9.74. The van der Waals surface area contributed by atoms with E-state index in [1.807, 2.05) is 18.2 Å². The van der Waals surface area contributed by atoms with E-state index in [-0.39, 0.29) is 0 Å². The maximum absolute atomic E-state index is 6.26. The third kappa shape index (κ3) is 3.79. The molecule has 0 bridgehead atoms. The molecule has 1 nitrogen and oxygen atoms in total. The van der Waals surface area contributed by atoms with E-state index in [4.69, 9.17) is 23.2 Å². The second-order valence-electron chi connectivity index (χ2n) is 6.20. The van der Waals surface area contributed by atoms with Crippen molar-refractivity contribution in [2.75, 3.05) is 5.32 Å². The van der Waals surface area contributed by atoms with Gasteiger partial charge in [0.25, 0.3) is 0 Å². The maximum Gasteiger partial charge on any atom is 0.0638 e. The topological polar surface area (TPSA) is 12.0 Å². The molecule has 0 spiro atoms. The number of halogens is 2. The first-order chi connectivity index (χ1) is 8.97. The second kappa shape index (κ2) is 6.37. The Labute approximate surface area is 126 Å². The van der Waals surface area contributed by atoms with Gasteiger partial charge in [-0.2, -0.15) is 0 Å². The van der Waals surface area contributed by atoms with Crippen LogP contribution in [0.4, 0.5) is 5.69 Å². The predicted molar refractivity (Wildman–Crippen MR) is 85.2 cm³/mol. The van der Waals surface area contributed by atoms with E-state index in [1.54, 1.807) is 0 Å². The summed E-state index contributed by atoms with van der Waals surface area (Å²) in [5.74, 6) is 2.19. The molecule has 1 N–H and O–H groups in total. The van der Waals surface area contributed by atoms with Crippen LogP contribution in [0.25, 0.3) is 0 Å². The fourth-order valence-electron chi connectivity index (χ4n) is 3.18. The van der Waals surface area contributed by atoms with Gasteiger partial charge < -0.3 is 5.32 Å². The number of benzene rings is 1. The molecular weight excluding hydrogens is 277 g/mol. The van der Waals surface area contributed by atoms with Crippen LogP contribution in [0.3, 0.4) is 0 Å². The lowest BCUT2D eigenvalue weighted by molar-refractivity contribution is 0.212. The van der Waals surface area contributed by atoms with E-state index in [0.29, 0.717) is 17.9 Å². The van der Waals surface area contributed by atoms with Crippen LogP contribution >= 0.6 is 23.2 Å². The SMILES string of the molecule is CC1CCC(C(C)C)C(Nc2cc(Cl)ccc2Cl)C1. The fourth-order valence-corrected chi connectivity index (χ4v) is 3.52. The van der Waals surface area contributed by atoms with Gasteiger partial charge in [0.05, 0.1) is 10.7 Å².